The van der Waals surface area contributed by atoms with Crippen molar-refractivity contribution in [1.29, 1.82) is 0 Å². The quantitative estimate of drug-likeness (QED) is 0.874. The number of aryl methyl sites for hydroxylation is 2. The Morgan fingerprint density at radius 3 is 2.59 bits per heavy atom. The monoisotopic (exact) mass is 318 g/mol. The highest BCUT2D eigenvalue weighted by Crippen LogP contribution is 2.37. The number of piperidine rings is 1. The second kappa shape index (κ2) is 5.83. The number of thiazole rings is 1. The van der Waals surface area contributed by atoms with Crippen molar-refractivity contribution in [3.8, 4) is 0 Å². The molecule has 3 heterocycles. The fourth-order valence-electron chi connectivity index (χ4n) is 2.89. The van der Waals surface area contributed by atoms with Gasteiger partial charge >= 0.3 is 0 Å². The van der Waals surface area contributed by atoms with Crippen LogP contribution in [0.3, 0.4) is 0 Å². The fourth-order valence-corrected chi connectivity index (χ4v) is 3.86. The molecule has 0 aliphatic carbocycles. The number of carbonyl (C=O) groups is 1. The molecule has 1 amide bonds. The van der Waals surface area contributed by atoms with E-state index in [1.54, 1.807) is 22.2 Å². The summed E-state index contributed by atoms with van der Waals surface area (Å²) in [5, 5.41) is 5.40. The average molecular weight is 318 g/mol. The highest BCUT2D eigenvalue weighted by atomic mass is 32.1. The first-order valence-corrected chi connectivity index (χ1v) is 8.48. The molecule has 0 radical (unpaired) electrons. The minimum atomic E-state index is 0.109. The van der Waals surface area contributed by atoms with E-state index in [0.717, 1.165) is 31.5 Å². The van der Waals surface area contributed by atoms with E-state index in [-0.39, 0.29) is 11.3 Å². The number of carbonyl (C=O) groups excluding carboxylic acids is 1. The zero-order chi connectivity index (χ0) is 15.7. The summed E-state index contributed by atoms with van der Waals surface area (Å²) in [7, 11) is 0. The van der Waals surface area contributed by atoms with Gasteiger partial charge < -0.3 is 4.90 Å². The van der Waals surface area contributed by atoms with Crippen molar-refractivity contribution in [3.05, 3.63) is 34.0 Å². The van der Waals surface area contributed by atoms with Crippen LogP contribution in [0.2, 0.25) is 0 Å². The highest BCUT2D eigenvalue weighted by Gasteiger charge is 2.35. The van der Waals surface area contributed by atoms with E-state index >= 15 is 0 Å². The van der Waals surface area contributed by atoms with E-state index in [1.807, 2.05) is 24.2 Å². The third-order valence-electron chi connectivity index (χ3n) is 4.42. The van der Waals surface area contributed by atoms with E-state index in [0.29, 0.717) is 6.54 Å². The summed E-state index contributed by atoms with van der Waals surface area (Å²) in [4.78, 5) is 20.1. The topological polar surface area (TPSA) is 51.0 Å². The number of hydrogen-bond donors (Lipinski definition) is 0. The predicted molar refractivity (Wildman–Crippen MR) is 87.0 cm³/mol. The van der Waals surface area contributed by atoms with E-state index in [2.05, 4.69) is 23.9 Å². The van der Waals surface area contributed by atoms with Gasteiger partial charge in [-0.05, 0) is 32.3 Å². The lowest BCUT2D eigenvalue weighted by atomic mass is 9.81. The summed E-state index contributed by atoms with van der Waals surface area (Å²) in [6, 6.07) is 0. The lowest BCUT2D eigenvalue weighted by Crippen LogP contribution is -2.45. The van der Waals surface area contributed by atoms with Gasteiger partial charge in [0.05, 0.1) is 11.2 Å². The number of nitrogens with zero attached hydrogens (tertiary/aromatic N) is 4. The summed E-state index contributed by atoms with van der Waals surface area (Å²) < 4.78 is 1.72. The van der Waals surface area contributed by atoms with E-state index in [9.17, 15) is 4.79 Å². The molecule has 118 valence electrons. The second-order valence-electron chi connectivity index (χ2n) is 6.43. The van der Waals surface area contributed by atoms with Gasteiger partial charge in [-0.25, -0.2) is 4.98 Å². The van der Waals surface area contributed by atoms with Crippen LogP contribution in [0.5, 0.6) is 0 Å². The molecule has 0 saturated carbocycles. The maximum Gasteiger partial charge on any atom is 0.244 e. The Balaban J connectivity index is 1.60. The Morgan fingerprint density at radius 2 is 2.05 bits per heavy atom. The van der Waals surface area contributed by atoms with E-state index < -0.39 is 0 Å². The average Bonchev–Trinajstić information content (AvgIpc) is 3.09. The van der Waals surface area contributed by atoms with Crippen LogP contribution in [0.4, 0.5) is 0 Å². The molecular weight excluding hydrogens is 296 g/mol. The molecule has 3 rings (SSSR count). The summed E-state index contributed by atoms with van der Waals surface area (Å²) in [5.41, 5.74) is 1.19. The van der Waals surface area contributed by atoms with Crippen molar-refractivity contribution in [2.75, 3.05) is 13.1 Å². The van der Waals surface area contributed by atoms with Gasteiger partial charge in [0.25, 0.3) is 0 Å². The lowest BCUT2D eigenvalue weighted by Gasteiger charge is -2.38. The Labute approximate surface area is 135 Å². The van der Waals surface area contributed by atoms with Crippen LogP contribution in [0, 0.1) is 13.8 Å². The number of likely N-dealkylation sites (tertiary alicyclic amines) is 1. The molecule has 1 aliphatic rings. The molecular formula is C16H22N4OS. The SMILES string of the molecule is Cc1cnn(CC(=O)N2CCC(C)(c3ncc(C)s3)CC2)c1. The minimum absolute atomic E-state index is 0.109. The van der Waals surface area contributed by atoms with Gasteiger partial charge in [-0.3, -0.25) is 9.48 Å². The summed E-state index contributed by atoms with van der Waals surface area (Å²) in [6.45, 7) is 8.28. The molecule has 6 heteroatoms. The van der Waals surface area contributed by atoms with Crippen molar-refractivity contribution in [1.82, 2.24) is 19.7 Å². The highest BCUT2D eigenvalue weighted by molar-refractivity contribution is 7.11. The molecule has 2 aromatic heterocycles. The summed E-state index contributed by atoms with van der Waals surface area (Å²) in [5.74, 6) is 0.153. The smallest absolute Gasteiger partial charge is 0.244 e. The third kappa shape index (κ3) is 3.06. The van der Waals surface area contributed by atoms with Gasteiger partial charge in [0.15, 0.2) is 0 Å². The van der Waals surface area contributed by atoms with E-state index in [4.69, 9.17) is 0 Å². The predicted octanol–water partition coefficient (Wildman–Crippen LogP) is 2.54. The Kier molecular flexibility index (Phi) is 4.04. The number of aromatic nitrogens is 3. The van der Waals surface area contributed by atoms with E-state index in [1.165, 1.54) is 9.88 Å². The van der Waals surface area contributed by atoms with Gasteiger partial charge in [0.1, 0.15) is 6.54 Å². The molecule has 1 saturated heterocycles. The normalized spacial score (nSPS) is 17.7. The van der Waals surface area contributed by atoms with Crippen LogP contribution in [0.1, 0.15) is 35.2 Å². The third-order valence-corrected chi connectivity index (χ3v) is 5.64. The number of rotatable bonds is 3. The van der Waals surface area contributed by atoms with Crippen molar-refractivity contribution in [3.63, 3.8) is 0 Å². The first kappa shape index (κ1) is 15.2. The van der Waals surface area contributed by atoms with Gasteiger partial charge in [-0.1, -0.05) is 6.92 Å². The second-order valence-corrected chi connectivity index (χ2v) is 7.67. The maximum absolute atomic E-state index is 12.4. The van der Waals surface area contributed by atoms with Crippen molar-refractivity contribution < 1.29 is 4.79 Å². The first-order chi connectivity index (χ1) is 10.5. The molecule has 0 unspecified atom stereocenters. The minimum Gasteiger partial charge on any atom is -0.341 e. The standard InChI is InChI=1S/C16H22N4OS/c1-12-8-18-20(10-12)11-14(21)19-6-4-16(3,5-7-19)15-17-9-13(2)22-15/h8-10H,4-7,11H2,1-3H3. The van der Waals surface area contributed by atoms with Crippen LogP contribution in [0.15, 0.2) is 18.6 Å². The molecule has 5 nitrogen and oxygen atoms in total. The van der Waals surface area contributed by atoms with Gasteiger partial charge in [0, 0.05) is 35.8 Å². The molecule has 0 spiro atoms. The molecule has 0 bridgehead atoms. The molecule has 0 aromatic carbocycles. The zero-order valence-corrected chi connectivity index (χ0v) is 14.2. The fraction of sp³-hybridized carbons (Fsp3) is 0.562. The molecule has 1 aliphatic heterocycles. The zero-order valence-electron chi connectivity index (χ0n) is 13.4. The largest absolute Gasteiger partial charge is 0.341 e. The Morgan fingerprint density at radius 1 is 1.32 bits per heavy atom. The number of amides is 1. The Bertz CT molecular complexity index is 667. The summed E-state index contributed by atoms with van der Waals surface area (Å²) in [6.07, 6.45) is 7.59. The van der Waals surface area contributed by atoms with Crippen LogP contribution < -0.4 is 0 Å². The summed E-state index contributed by atoms with van der Waals surface area (Å²) >= 11 is 1.78. The molecule has 2 aromatic rings. The van der Waals surface area contributed by atoms with Crippen molar-refractivity contribution in [2.45, 2.75) is 45.6 Å². The van der Waals surface area contributed by atoms with Crippen molar-refractivity contribution >= 4 is 17.2 Å². The van der Waals surface area contributed by atoms with Crippen LogP contribution >= 0.6 is 11.3 Å². The van der Waals surface area contributed by atoms with Crippen LogP contribution in [-0.4, -0.2) is 38.7 Å². The van der Waals surface area contributed by atoms with Gasteiger partial charge in [-0.15, -0.1) is 11.3 Å². The molecule has 0 atom stereocenters. The van der Waals surface area contributed by atoms with Crippen molar-refractivity contribution in [2.24, 2.45) is 0 Å². The lowest BCUT2D eigenvalue weighted by molar-refractivity contribution is -0.133. The molecule has 22 heavy (non-hydrogen) atoms. The van der Waals surface area contributed by atoms with Crippen LogP contribution in [0.25, 0.3) is 0 Å². The van der Waals surface area contributed by atoms with Gasteiger partial charge in [-0.2, -0.15) is 5.10 Å². The maximum atomic E-state index is 12.4. The molecule has 1 fully saturated rings. The Hall–Kier alpha value is -1.69. The first-order valence-electron chi connectivity index (χ1n) is 7.66. The van der Waals surface area contributed by atoms with Crippen LogP contribution in [-0.2, 0) is 16.8 Å². The molecule has 0 N–H and O–H groups in total. The number of hydrogen-bond acceptors (Lipinski definition) is 4. The van der Waals surface area contributed by atoms with Gasteiger partial charge in [0.2, 0.25) is 5.91 Å².